The second-order valence-corrected chi connectivity index (χ2v) is 9.07. The Balaban J connectivity index is 1.63. The number of methoxy groups -OCH3 is 1. The highest BCUT2D eigenvalue weighted by atomic mass is 79.9. The molecule has 1 N–H and O–H groups in total. The van der Waals surface area contributed by atoms with Gasteiger partial charge in [-0.2, -0.15) is 0 Å². The molecule has 4 amide bonds. The summed E-state index contributed by atoms with van der Waals surface area (Å²) in [6.45, 7) is 2.28. The third kappa shape index (κ3) is 5.39. The number of aryl methyl sites for hydroxylation is 1. The first-order valence-corrected chi connectivity index (χ1v) is 11.7. The molecule has 1 aliphatic heterocycles. The van der Waals surface area contributed by atoms with Crippen LogP contribution in [0.15, 0.2) is 70.7 Å². The predicted molar refractivity (Wildman–Crippen MR) is 137 cm³/mol. The van der Waals surface area contributed by atoms with E-state index in [0.29, 0.717) is 22.7 Å². The van der Waals surface area contributed by atoms with E-state index in [2.05, 4.69) is 21.2 Å². The molecule has 3 aromatic carbocycles. The Labute approximate surface area is 215 Å². The molecule has 0 atom stereocenters. The zero-order valence-corrected chi connectivity index (χ0v) is 21.1. The van der Waals surface area contributed by atoms with Gasteiger partial charge in [0, 0.05) is 4.47 Å². The Morgan fingerprint density at radius 2 is 1.71 bits per heavy atom. The van der Waals surface area contributed by atoms with Gasteiger partial charge in [-0.25, -0.2) is 9.69 Å². The van der Waals surface area contributed by atoms with Crippen LogP contribution in [0.3, 0.4) is 0 Å². The number of hydrogen-bond acceptors (Lipinski definition) is 5. The predicted octanol–water partition coefficient (Wildman–Crippen LogP) is 5.66. The Bertz CT molecular complexity index is 1340. The number of amides is 4. The summed E-state index contributed by atoms with van der Waals surface area (Å²) in [6, 6.07) is 16.8. The monoisotopic (exact) mass is 554 g/mol. The molecule has 0 bridgehead atoms. The maximum atomic E-state index is 13.1. The Kier molecular flexibility index (Phi) is 7.23. The highest BCUT2D eigenvalue weighted by Gasteiger charge is 2.36. The number of barbiturate groups is 1. The van der Waals surface area contributed by atoms with Crippen LogP contribution in [-0.2, 0) is 16.2 Å². The number of hydrogen-bond donors (Lipinski definition) is 1. The Hall–Kier alpha value is -3.62. The lowest BCUT2D eigenvalue weighted by Crippen LogP contribution is -2.54. The molecule has 1 aliphatic rings. The third-order valence-corrected chi connectivity index (χ3v) is 6.06. The summed E-state index contributed by atoms with van der Waals surface area (Å²) in [5.74, 6) is -0.886. The van der Waals surface area contributed by atoms with E-state index in [1.54, 1.807) is 36.4 Å². The highest BCUT2D eigenvalue weighted by Crippen LogP contribution is 2.38. The van der Waals surface area contributed by atoms with Crippen molar-refractivity contribution in [2.24, 2.45) is 0 Å². The minimum atomic E-state index is -0.824. The number of nitrogens with zero attached hydrogens (tertiary/aromatic N) is 1. The summed E-state index contributed by atoms with van der Waals surface area (Å²) in [4.78, 5) is 38.9. The summed E-state index contributed by atoms with van der Waals surface area (Å²) in [5, 5.41) is 2.44. The summed E-state index contributed by atoms with van der Waals surface area (Å²) >= 11 is 9.78. The molecule has 9 heteroatoms. The van der Waals surface area contributed by atoms with Crippen molar-refractivity contribution in [1.29, 1.82) is 0 Å². The molecular formula is C26H20BrClN2O5. The number of imide groups is 2. The van der Waals surface area contributed by atoms with Gasteiger partial charge in [0.2, 0.25) is 0 Å². The fourth-order valence-corrected chi connectivity index (χ4v) is 3.99. The van der Waals surface area contributed by atoms with Crippen molar-refractivity contribution in [2.75, 3.05) is 12.0 Å². The van der Waals surface area contributed by atoms with Crippen molar-refractivity contribution in [1.82, 2.24) is 5.32 Å². The Morgan fingerprint density at radius 3 is 2.37 bits per heavy atom. The molecule has 0 saturated carbocycles. The van der Waals surface area contributed by atoms with Crippen LogP contribution in [0.25, 0.3) is 6.08 Å². The molecule has 178 valence electrons. The summed E-state index contributed by atoms with van der Waals surface area (Å²) in [5.41, 5.74) is 2.63. The standard InChI is InChI=1S/C26H20BrClN2O5/c1-15-3-5-16(6-4-15)14-35-23-21(28)12-17(13-22(23)34-2)11-20-24(31)29-26(33)30(25(20)32)19-9-7-18(27)8-10-19/h3-13H,14H2,1-2H3,(H,29,31,33)/b20-11+. The summed E-state index contributed by atoms with van der Waals surface area (Å²) < 4.78 is 12.1. The molecule has 7 nitrogen and oxygen atoms in total. The molecule has 4 rings (SSSR count). The molecule has 3 aromatic rings. The van der Waals surface area contributed by atoms with E-state index in [0.717, 1.165) is 20.5 Å². The number of nitrogens with one attached hydrogen (secondary N) is 1. The van der Waals surface area contributed by atoms with Crippen molar-refractivity contribution >= 4 is 57.1 Å². The van der Waals surface area contributed by atoms with Gasteiger partial charge in [-0.15, -0.1) is 0 Å². The molecule has 0 aliphatic carbocycles. The molecule has 0 unspecified atom stereocenters. The lowest BCUT2D eigenvalue weighted by Gasteiger charge is -2.26. The van der Waals surface area contributed by atoms with Gasteiger partial charge in [-0.05, 0) is 60.5 Å². The zero-order valence-electron chi connectivity index (χ0n) is 18.8. The van der Waals surface area contributed by atoms with Gasteiger partial charge in [-0.3, -0.25) is 14.9 Å². The van der Waals surface area contributed by atoms with Crippen molar-refractivity contribution in [2.45, 2.75) is 13.5 Å². The van der Waals surface area contributed by atoms with Gasteiger partial charge >= 0.3 is 6.03 Å². The average molecular weight is 556 g/mol. The average Bonchev–Trinajstić information content (AvgIpc) is 2.83. The van der Waals surface area contributed by atoms with Crippen LogP contribution < -0.4 is 19.7 Å². The molecule has 1 fully saturated rings. The number of carbonyl (C=O) groups excluding carboxylic acids is 3. The van der Waals surface area contributed by atoms with Gasteiger partial charge in [0.1, 0.15) is 12.2 Å². The third-order valence-electron chi connectivity index (χ3n) is 5.25. The van der Waals surface area contributed by atoms with E-state index in [1.807, 2.05) is 31.2 Å². The molecule has 1 heterocycles. The quantitative estimate of drug-likeness (QED) is 0.313. The second kappa shape index (κ2) is 10.3. The van der Waals surface area contributed by atoms with E-state index >= 15 is 0 Å². The topological polar surface area (TPSA) is 84.9 Å². The number of carbonyl (C=O) groups is 3. The summed E-state index contributed by atoms with van der Waals surface area (Å²) in [6.07, 6.45) is 1.36. The van der Waals surface area contributed by atoms with Gasteiger partial charge in [-0.1, -0.05) is 57.4 Å². The first-order valence-electron chi connectivity index (χ1n) is 10.5. The normalized spacial score (nSPS) is 14.8. The van der Waals surface area contributed by atoms with E-state index in [1.165, 1.54) is 13.2 Å². The van der Waals surface area contributed by atoms with E-state index < -0.39 is 17.8 Å². The fourth-order valence-electron chi connectivity index (χ4n) is 3.45. The van der Waals surface area contributed by atoms with Crippen molar-refractivity contribution in [3.8, 4) is 11.5 Å². The molecule has 1 saturated heterocycles. The molecule has 0 aromatic heterocycles. The maximum Gasteiger partial charge on any atom is 0.335 e. The number of urea groups is 1. The van der Waals surface area contributed by atoms with Crippen LogP contribution in [0.4, 0.5) is 10.5 Å². The van der Waals surface area contributed by atoms with Crippen LogP contribution in [0.1, 0.15) is 16.7 Å². The first kappa shape index (κ1) is 24.5. The summed E-state index contributed by atoms with van der Waals surface area (Å²) in [7, 11) is 1.47. The lowest BCUT2D eigenvalue weighted by atomic mass is 10.1. The van der Waals surface area contributed by atoms with Crippen LogP contribution in [0, 0.1) is 6.92 Å². The largest absolute Gasteiger partial charge is 0.493 e. The molecule has 0 radical (unpaired) electrons. The van der Waals surface area contributed by atoms with Gasteiger partial charge in [0.05, 0.1) is 17.8 Å². The van der Waals surface area contributed by atoms with Crippen LogP contribution in [0.2, 0.25) is 5.02 Å². The van der Waals surface area contributed by atoms with Crippen molar-refractivity contribution in [3.63, 3.8) is 0 Å². The second-order valence-electron chi connectivity index (χ2n) is 7.74. The van der Waals surface area contributed by atoms with E-state index in [4.69, 9.17) is 21.1 Å². The van der Waals surface area contributed by atoms with Gasteiger partial charge in [0.15, 0.2) is 11.5 Å². The van der Waals surface area contributed by atoms with Crippen molar-refractivity contribution < 1.29 is 23.9 Å². The molecule has 35 heavy (non-hydrogen) atoms. The number of anilines is 1. The number of benzene rings is 3. The smallest absolute Gasteiger partial charge is 0.335 e. The minimum Gasteiger partial charge on any atom is -0.493 e. The van der Waals surface area contributed by atoms with Crippen LogP contribution >= 0.6 is 27.5 Å². The van der Waals surface area contributed by atoms with Gasteiger partial charge < -0.3 is 9.47 Å². The minimum absolute atomic E-state index is 0.223. The Morgan fingerprint density at radius 1 is 1.03 bits per heavy atom. The number of halogens is 2. The van der Waals surface area contributed by atoms with Gasteiger partial charge in [0.25, 0.3) is 11.8 Å². The van der Waals surface area contributed by atoms with Crippen LogP contribution in [-0.4, -0.2) is 25.0 Å². The number of ether oxygens (including phenoxy) is 2. The number of rotatable bonds is 6. The van der Waals surface area contributed by atoms with E-state index in [9.17, 15) is 14.4 Å². The lowest BCUT2D eigenvalue weighted by molar-refractivity contribution is -0.122. The SMILES string of the molecule is COc1cc(/C=C2\C(=O)NC(=O)N(c3ccc(Br)cc3)C2=O)cc(Cl)c1OCc1ccc(C)cc1. The van der Waals surface area contributed by atoms with Crippen LogP contribution in [0.5, 0.6) is 11.5 Å². The maximum absolute atomic E-state index is 13.1. The first-order chi connectivity index (χ1) is 16.8. The van der Waals surface area contributed by atoms with Crippen molar-refractivity contribution in [3.05, 3.63) is 92.4 Å². The van der Waals surface area contributed by atoms with E-state index in [-0.39, 0.29) is 17.2 Å². The highest BCUT2D eigenvalue weighted by molar-refractivity contribution is 9.10. The fraction of sp³-hybridized carbons (Fsp3) is 0.115. The molecular weight excluding hydrogens is 536 g/mol. The molecule has 0 spiro atoms. The zero-order chi connectivity index (χ0) is 25.1.